The van der Waals surface area contributed by atoms with Crippen molar-refractivity contribution in [3.05, 3.63) is 34.4 Å². The lowest BCUT2D eigenvalue weighted by Gasteiger charge is -2.38. The number of aliphatic hydroxyl groups excluding tert-OH is 3. The number of carbonyl (C=O) groups is 1. The molecule has 0 bridgehead atoms. The van der Waals surface area contributed by atoms with Gasteiger partial charge in [-0.25, -0.2) is 4.79 Å². The Bertz CT molecular complexity index is 561. The molecular formula is C12H15NO10. The molecule has 11 heteroatoms. The third-order valence-electron chi connectivity index (χ3n) is 3.11. The summed E-state index contributed by atoms with van der Waals surface area (Å²) in [7, 11) is 0. The minimum atomic E-state index is -1.82. The van der Waals surface area contributed by atoms with Crippen molar-refractivity contribution in [1.82, 2.24) is 0 Å². The van der Waals surface area contributed by atoms with E-state index >= 15 is 0 Å². The number of carboxylic acids is 1. The van der Waals surface area contributed by atoms with E-state index in [1.54, 1.807) is 0 Å². The average molecular weight is 333 g/mol. The van der Waals surface area contributed by atoms with E-state index in [0.717, 1.165) is 12.1 Å². The van der Waals surface area contributed by atoms with Gasteiger partial charge in [0.2, 0.25) is 6.29 Å². The van der Waals surface area contributed by atoms with Crippen LogP contribution in [0.3, 0.4) is 0 Å². The zero-order chi connectivity index (χ0) is 16.4. The third-order valence-corrected chi connectivity index (χ3v) is 3.11. The Labute approximate surface area is 128 Å². The molecule has 1 fully saturated rings. The number of hydrogen-bond donors (Lipinski definition) is 4. The first-order valence-electron chi connectivity index (χ1n) is 6.15. The van der Waals surface area contributed by atoms with Crippen LogP contribution in [0.15, 0.2) is 24.3 Å². The average Bonchev–Trinajstić information content (AvgIpc) is 2.48. The van der Waals surface area contributed by atoms with Gasteiger partial charge in [-0.3, -0.25) is 10.1 Å². The Hall–Kier alpha value is -2.31. The fourth-order valence-corrected chi connectivity index (χ4v) is 1.93. The van der Waals surface area contributed by atoms with Crippen molar-refractivity contribution in [2.45, 2.75) is 30.7 Å². The van der Waals surface area contributed by atoms with Gasteiger partial charge in [-0.2, -0.15) is 0 Å². The lowest BCUT2D eigenvalue weighted by Crippen LogP contribution is -2.61. The number of rotatable bonds is 4. The molecule has 6 N–H and O–H groups in total. The van der Waals surface area contributed by atoms with Crippen LogP contribution in [-0.2, 0) is 9.53 Å². The van der Waals surface area contributed by atoms with Crippen LogP contribution in [0.5, 0.6) is 5.75 Å². The molecular weight excluding hydrogens is 318 g/mol. The molecule has 1 aliphatic rings. The predicted octanol–water partition coefficient (Wildman–Crippen LogP) is -1.96. The standard InChI is InChI=1S/C12H13NO9.H2O/c14-7-8(15)10(11(17)18)22-12(9(7)16)21-6-3-1-5(2-4-6)13(19)20;/h1-4,7-10,12,14-16H,(H,17,18);1H2. The summed E-state index contributed by atoms with van der Waals surface area (Å²) in [6, 6.07) is 4.73. The summed E-state index contributed by atoms with van der Waals surface area (Å²) in [6.07, 6.45) is -8.62. The van der Waals surface area contributed by atoms with Crippen LogP contribution in [-0.4, -0.2) is 67.5 Å². The van der Waals surface area contributed by atoms with E-state index in [-0.39, 0.29) is 16.9 Å². The van der Waals surface area contributed by atoms with Gasteiger partial charge in [0, 0.05) is 12.1 Å². The number of nitrogens with zero attached hydrogens (tertiary/aromatic N) is 1. The van der Waals surface area contributed by atoms with Crippen molar-refractivity contribution >= 4 is 11.7 Å². The number of carboxylic acid groups (broad SMARTS) is 1. The molecule has 5 unspecified atom stereocenters. The first-order chi connectivity index (χ1) is 10.3. The zero-order valence-electron chi connectivity index (χ0n) is 11.5. The van der Waals surface area contributed by atoms with Crippen LogP contribution in [0.1, 0.15) is 0 Å². The summed E-state index contributed by atoms with van der Waals surface area (Å²) in [4.78, 5) is 20.8. The SMILES string of the molecule is O.O=C(O)C1OC(Oc2ccc([N+](=O)[O-])cc2)C(O)C(O)C1O. The molecule has 1 aromatic carbocycles. The molecule has 5 atom stereocenters. The predicted molar refractivity (Wildman–Crippen MR) is 71.7 cm³/mol. The number of ether oxygens (including phenoxy) is 2. The van der Waals surface area contributed by atoms with Crippen molar-refractivity contribution in [1.29, 1.82) is 0 Å². The minimum absolute atomic E-state index is 0. The second kappa shape index (κ2) is 7.30. The molecule has 0 aromatic heterocycles. The number of aliphatic hydroxyl groups is 3. The topological polar surface area (TPSA) is 191 Å². The fourth-order valence-electron chi connectivity index (χ4n) is 1.93. The van der Waals surface area contributed by atoms with Crippen molar-refractivity contribution in [3.63, 3.8) is 0 Å². The molecule has 0 saturated carbocycles. The molecule has 23 heavy (non-hydrogen) atoms. The van der Waals surface area contributed by atoms with Gasteiger partial charge in [0.25, 0.3) is 5.69 Å². The van der Waals surface area contributed by atoms with Gasteiger partial charge in [-0.05, 0) is 12.1 Å². The number of non-ortho nitro benzene ring substituents is 1. The Balaban J connectivity index is 0.00000264. The summed E-state index contributed by atoms with van der Waals surface area (Å²) in [5.41, 5.74) is -0.184. The molecule has 0 spiro atoms. The maximum Gasteiger partial charge on any atom is 0.335 e. The maximum atomic E-state index is 10.9. The molecule has 0 aliphatic carbocycles. The van der Waals surface area contributed by atoms with Gasteiger partial charge in [0.15, 0.2) is 6.10 Å². The van der Waals surface area contributed by atoms with Crippen LogP contribution < -0.4 is 4.74 Å². The van der Waals surface area contributed by atoms with E-state index in [0.29, 0.717) is 0 Å². The highest BCUT2D eigenvalue weighted by atomic mass is 16.7. The quantitative estimate of drug-likeness (QED) is 0.358. The fraction of sp³-hybridized carbons (Fsp3) is 0.417. The number of hydrogen-bond acceptors (Lipinski definition) is 8. The largest absolute Gasteiger partial charge is 0.479 e. The highest BCUT2D eigenvalue weighted by Gasteiger charge is 2.48. The molecule has 11 nitrogen and oxygen atoms in total. The van der Waals surface area contributed by atoms with Crippen LogP contribution >= 0.6 is 0 Å². The number of nitro groups is 1. The van der Waals surface area contributed by atoms with E-state index < -0.39 is 41.6 Å². The first-order valence-corrected chi connectivity index (χ1v) is 6.15. The first kappa shape index (κ1) is 18.7. The van der Waals surface area contributed by atoms with E-state index in [1.165, 1.54) is 12.1 Å². The Morgan fingerprint density at radius 2 is 1.70 bits per heavy atom. The lowest BCUT2D eigenvalue weighted by atomic mass is 9.99. The summed E-state index contributed by atoms with van der Waals surface area (Å²) < 4.78 is 10.1. The Morgan fingerprint density at radius 1 is 1.13 bits per heavy atom. The van der Waals surface area contributed by atoms with Gasteiger partial charge in [-0.1, -0.05) is 0 Å². The van der Waals surface area contributed by atoms with Crippen LogP contribution in [0.4, 0.5) is 5.69 Å². The number of aliphatic carboxylic acids is 1. The van der Waals surface area contributed by atoms with Crippen molar-refractivity contribution in [2.75, 3.05) is 0 Å². The highest BCUT2D eigenvalue weighted by Crippen LogP contribution is 2.25. The van der Waals surface area contributed by atoms with Crippen molar-refractivity contribution in [2.24, 2.45) is 0 Å². The Kier molecular flexibility index (Phi) is 5.95. The van der Waals surface area contributed by atoms with Crippen LogP contribution in [0.2, 0.25) is 0 Å². The highest BCUT2D eigenvalue weighted by molar-refractivity contribution is 5.73. The summed E-state index contributed by atoms with van der Waals surface area (Å²) in [5, 5.41) is 48.3. The number of nitro benzene ring substituents is 1. The number of benzene rings is 1. The molecule has 1 heterocycles. The van der Waals surface area contributed by atoms with Gasteiger partial charge in [0.05, 0.1) is 4.92 Å². The molecule has 0 radical (unpaired) electrons. The van der Waals surface area contributed by atoms with E-state index in [9.17, 15) is 30.2 Å². The van der Waals surface area contributed by atoms with Gasteiger partial charge in [-0.15, -0.1) is 0 Å². The second-order valence-corrected chi connectivity index (χ2v) is 4.60. The summed E-state index contributed by atoms with van der Waals surface area (Å²) >= 11 is 0. The van der Waals surface area contributed by atoms with Gasteiger partial charge < -0.3 is 35.4 Å². The summed E-state index contributed by atoms with van der Waals surface area (Å²) in [5.74, 6) is -1.47. The van der Waals surface area contributed by atoms with Crippen molar-refractivity contribution < 1.29 is 45.1 Å². The summed E-state index contributed by atoms with van der Waals surface area (Å²) in [6.45, 7) is 0. The monoisotopic (exact) mass is 333 g/mol. The third kappa shape index (κ3) is 3.91. The lowest BCUT2D eigenvalue weighted by molar-refractivity contribution is -0.384. The minimum Gasteiger partial charge on any atom is -0.479 e. The molecule has 2 rings (SSSR count). The van der Waals surface area contributed by atoms with Crippen LogP contribution in [0.25, 0.3) is 0 Å². The van der Waals surface area contributed by atoms with Gasteiger partial charge >= 0.3 is 5.97 Å². The van der Waals surface area contributed by atoms with Crippen LogP contribution in [0, 0.1) is 10.1 Å². The Morgan fingerprint density at radius 3 is 2.17 bits per heavy atom. The van der Waals surface area contributed by atoms with E-state index in [1.807, 2.05) is 0 Å². The smallest absolute Gasteiger partial charge is 0.335 e. The van der Waals surface area contributed by atoms with Gasteiger partial charge in [0.1, 0.15) is 24.1 Å². The normalized spacial score (nSPS) is 30.1. The van der Waals surface area contributed by atoms with Crippen molar-refractivity contribution in [3.8, 4) is 5.75 Å². The second-order valence-electron chi connectivity index (χ2n) is 4.60. The zero-order valence-corrected chi connectivity index (χ0v) is 11.5. The van der Waals surface area contributed by atoms with E-state index in [2.05, 4.69) is 0 Å². The van der Waals surface area contributed by atoms with E-state index in [4.69, 9.17) is 14.6 Å². The molecule has 128 valence electrons. The molecule has 1 aliphatic heterocycles. The molecule has 1 aromatic rings. The molecule has 1 saturated heterocycles. The maximum absolute atomic E-state index is 10.9. The molecule has 0 amide bonds.